The molecule has 0 aliphatic carbocycles. The third kappa shape index (κ3) is 1.61. The van der Waals surface area contributed by atoms with Crippen LogP contribution in [0.3, 0.4) is 0 Å². The van der Waals surface area contributed by atoms with Crippen LogP contribution in [0.25, 0.3) is 5.76 Å². The average Bonchev–Trinajstić information content (AvgIpc) is 2.04. The molecule has 0 unspecified atom stereocenters. The van der Waals surface area contributed by atoms with Gasteiger partial charge in [-0.25, -0.2) is 0 Å². The van der Waals surface area contributed by atoms with Gasteiger partial charge in [-0.3, -0.25) is 0 Å². The van der Waals surface area contributed by atoms with Crippen molar-refractivity contribution in [3.05, 3.63) is 48.4 Å². The number of allylic oxidation sites excluding steroid dienone is 1. The van der Waals surface area contributed by atoms with Gasteiger partial charge in [0.1, 0.15) is 5.76 Å². The van der Waals surface area contributed by atoms with E-state index < -0.39 is 0 Å². The van der Waals surface area contributed by atoms with E-state index in [1.54, 1.807) is 0 Å². The smallest absolute Gasteiger partial charge is 0.119 e. The zero-order chi connectivity index (χ0) is 8.27. The fraction of sp³-hybridized carbons (Fsp3) is 0.100. The standard InChI is InChI=1S/C10H11O/c1-3-10(11)9-7-5-4-6-8(9)2/h3-7,11H,1H2,2H3/b10-3+. The summed E-state index contributed by atoms with van der Waals surface area (Å²) < 4.78 is 0. The van der Waals surface area contributed by atoms with Crippen LogP contribution in [-0.4, -0.2) is 5.11 Å². The van der Waals surface area contributed by atoms with Crippen LogP contribution in [0.15, 0.2) is 30.3 Å². The number of rotatable bonds is 1. The molecule has 0 heterocycles. The number of aliphatic hydroxyl groups excluding tert-OH is 1. The van der Waals surface area contributed by atoms with Crippen LogP contribution < -0.4 is 0 Å². The zero-order valence-electron chi connectivity index (χ0n) is 6.54. The van der Waals surface area contributed by atoms with Gasteiger partial charge < -0.3 is 5.11 Å². The summed E-state index contributed by atoms with van der Waals surface area (Å²) in [5.74, 6) is 0.239. The molecule has 11 heavy (non-hydrogen) atoms. The van der Waals surface area contributed by atoms with E-state index >= 15 is 0 Å². The van der Waals surface area contributed by atoms with Crippen LogP contribution in [0.1, 0.15) is 11.1 Å². The SMILES string of the molecule is [CH2]/C=C(/O)c1ccccc1C. The van der Waals surface area contributed by atoms with Crippen LogP contribution in [0, 0.1) is 13.8 Å². The van der Waals surface area contributed by atoms with E-state index in [2.05, 4.69) is 6.92 Å². The minimum atomic E-state index is 0.239. The Hall–Kier alpha value is -1.24. The van der Waals surface area contributed by atoms with Crippen LogP contribution in [-0.2, 0) is 0 Å². The largest absolute Gasteiger partial charge is 0.508 e. The van der Waals surface area contributed by atoms with Crippen LogP contribution in [0.4, 0.5) is 0 Å². The van der Waals surface area contributed by atoms with Crippen molar-refractivity contribution in [2.45, 2.75) is 6.92 Å². The first-order chi connectivity index (χ1) is 5.25. The second-order valence-electron chi connectivity index (χ2n) is 2.40. The fourth-order valence-electron chi connectivity index (χ4n) is 0.970. The second kappa shape index (κ2) is 3.24. The summed E-state index contributed by atoms with van der Waals surface area (Å²) in [5, 5.41) is 9.31. The highest BCUT2D eigenvalue weighted by atomic mass is 16.3. The monoisotopic (exact) mass is 147 g/mol. The Morgan fingerprint density at radius 3 is 2.64 bits per heavy atom. The van der Waals surface area contributed by atoms with E-state index in [9.17, 15) is 5.11 Å². The summed E-state index contributed by atoms with van der Waals surface area (Å²) in [6.45, 7) is 5.44. The van der Waals surface area contributed by atoms with Gasteiger partial charge in [0.2, 0.25) is 0 Å². The maximum atomic E-state index is 9.31. The molecule has 0 aliphatic rings. The lowest BCUT2D eigenvalue weighted by molar-refractivity contribution is 0.511. The van der Waals surface area contributed by atoms with Crippen LogP contribution in [0.5, 0.6) is 0 Å². The summed E-state index contributed by atoms with van der Waals surface area (Å²) in [6.07, 6.45) is 1.45. The molecule has 1 nitrogen and oxygen atoms in total. The molecule has 0 saturated carbocycles. The minimum Gasteiger partial charge on any atom is -0.508 e. The van der Waals surface area contributed by atoms with Gasteiger partial charge in [0, 0.05) is 5.56 Å². The van der Waals surface area contributed by atoms with Gasteiger partial charge in [0.05, 0.1) is 0 Å². The number of hydrogen-bond acceptors (Lipinski definition) is 1. The second-order valence-corrected chi connectivity index (χ2v) is 2.40. The number of benzene rings is 1. The Morgan fingerprint density at radius 1 is 1.45 bits per heavy atom. The lowest BCUT2D eigenvalue weighted by atomic mass is 10.1. The zero-order valence-corrected chi connectivity index (χ0v) is 6.54. The maximum Gasteiger partial charge on any atom is 0.119 e. The third-order valence-electron chi connectivity index (χ3n) is 1.61. The summed E-state index contributed by atoms with van der Waals surface area (Å²) in [4.78, 5) is 0. The van der Waals surface area contributed by atoms with Crippen molar-refractivity contribution in [3.63, 3.8) is 0 Å². The number of aryl methyl sites for hydroxylation is 1. The van der Waals surface area contributed by atoms with Gasteiger partial charge in [-0.15, -0.1) is 0 Å². The Bertz CT molecular complexity index is 274. The lowest BCUT2D eigenvalue weighted by Crippen LogP contribution is -1.85. The van der Waals surface area contributed by atoms with Crippen molar-refractivity contribution < 1.29 is 5.11 Å². The Morgan fingerprint density at radius 2 is 2.09 bits per heavy atom. The highest BCUT2D eigenvalue weighted by Gasteiger charge is 1.98. The highest BCUT2D eigenvalue weighted by Crippen LogP contribution is 2.14. The Kier molecular flexibility index (Phi) is 2.32. The normalized spacial score (nSPS) is 11.6. The minimum absolute atomic E-state index is 0.239. The fourth-order valence-corrected chi connectivity index (χ4v) is 0.970. The van der Waals surface area contributed by atoms with E-state index in [1.165, 1.54) is 6.08 Å². The quantitative estimate of drug-likeness (QED) is 0.605. The van der Waals surface area contributed by atoms with Gasteiger partial charge >= 0.3 is 0 Å². The van der Waals surface area contributed by atoms with Crippen molar-refractivity contribution in [2.75, 3.05) is 0 Å². The van der Waals surface area contributed by atoms with Crippen molar-refractivity contribution in [3.8, 4) is 0 Å². The van der Waals surface area contributed by atoms with Crippen molar-refractivity contribution >= 4 is 5.76 Å². The molecule has 0 saturated heterocycles. The van der Waals surface area contributed by atoms with E-state index in [-0.39, 0.29) is 5.76 Å². The van der Waals surface area contributed by atoms with E-state index in [4.69, 9.17) is 0 Å². The van der Waals surface area contributed by atoms with Gasteiger partial charge in [-0.2, -0.15) is 0 Å². The van der Waals surface area contributed by atoms with Crippen LogP contribution >= 0.6 is 0 Å². The Balaban J connectivity index is 3.14. The van der Waals surface area contributed by atoms with Gasteiger partial charge in [-0.1, -0.05) is 24.3 Å². The maximum absolute atomic E-state index is 9.31. The molecule has 1 aromatic rings. The molecule has 0 bridgehead atoms. The van der Waals surface area contributed by atoms with E-state index in [1.807, 2.05) is 31.2 Å². The lowest BCUT2D eigenvalue weighted by Gasteiger charge is -2.02. The summed E-state index contributed by atoms with van der Waals surface area (Å²) in [5.41, 5.74) is 1.91. The molecule has 0 aromatic heterocycles. The van der Waals surface area contributed by atoms with Gasteiger partial charge in [-0.05, 0) is 25.5 Å². The van der Waals surface area contributed by atoms with Crippen molar-refractivity contribution in [1.29, 1.82) is 0 Å². The first-order valence-electron chi connectivity index (χ1n) is 3.50. The van der Waals surface area contributed by atoms with E-state index in [0.717, 1.165) is 11.1 Å². The average molecular weight is 147 g/mol. The molecule has 1 radical (unpaired) electrons. The van der Waals surface area contributed by atoms with Gasteiger partial charge in [0.15, 0.2) is 0 Å². The molecule has 0 atom stereocenters. The first kappa shape index (κ1) is 7.86. The molecule has 1 rings (SSSR count). The van der Waals surface area contributed by atoms with E-state index in [0.29, 0.717) is 0 Å². The summed E-state index contributed by atoms with van der Waals surface area (Å²) >= 11 is 0. The third-order valence-corrected chi connectivity index (χ3v) is 1.61. The molecule has 0 amide bonds. The summed E-state index contributed by atoms with van der Waals surface area (Å²) in [7, 11) is 0. The first-order valence-corrected chi connectivity index (χ1v) is 3.50. The number of hydrogen-bond donors (Lipinski definition) is 1. The molecule has 0 fully saturated rings. The van der Waals surface area contributed by atoms with Crippen LogP contribution in [0.2, 0.25) is 0 Å². The molecular weight excluding hydrogens is 136 g/mol. The topological polar surface area (TPSA) is 20.2 Å². The predicted octanol–water partition coefficient (Wildman–Crippen LogP) is 2.73. The van der Waals surface area contributed by atoms with Gasteiger partial charge in [0.25, 0.3) is 0 Å². The summed E-state index contributed by atoms with van der Waals surface area (Å²) in [6, 6.07) is 7.65. The van der Waals surface area contributed by atoms with Crippen molar-refractivity contribution in [1.82, 2.24) is 0 Å². The molecule has 0 aliphatic heterocycles. The molecular formula is C10H11O. The highest BCUT2D eigenvalue weighted by molar-refractivity contribution is 5.61. The van der Waals surface area contributed by atoms with Crippen molar-refractivity contribution in [2.24, 2.45) is 0 Å². The molecule has 0 spiro atoms. The molecule has 1 N–H and O–H groups in total. The predicted molar refractivity (Wildman–Crippen MR) is 47.1 cm³/mol. The molecule has 57 valence electrons. The Labute approximate surface area is 67.0 Å². The molecule has 1 heteroatoms. The number of aliphatic hydroxyl groups is 1. The molecule has 1 aromatic carbocycles.